The van der Waals surface area contributed by atoms with Gasteiger partial charge in [0.2, 0.25) is 11.8 Å². The fraction of sp³-hybridized carbons (Fsp3) is 0.111. The molecule has 0 aliphatic carbocycles. The first-order chi connectivity index (χ1) is 42.3. The molecule has 0 spiro atoms. The van der Waals surface area contributed by atoms with Gasteiger partial charge in [-0.2, -0.15) is 0 Å². The zero-order valence-corrected chi connectivity index (χ0v) is 48.0. The summed E-state index contributed by atoms with van der Waals surface area (Å²) in [4.78, 5) is 49.5. The highest BCUT2D eigenvalue weighted by molar-refractivity contribution is 6.04. The molecule has 0 unspecified atom stereocenters. The molecule has 0 heterocycles. The Labute approximate surface area is 505 Å². The number of rotatable bonds is 20. The fourth-order valence-corrected chi connectivity index (χ4v) is 8.89. The second-order valence-electron chi connectivity index (χ2n) is 20.1. The van der Waals surface area contributed by atoms with Crippen LogP contribution < -0.4 is 41.1 Å². The van der Waals surface area contributed by atoms with Gasteiger partial charge in [-0.15, -0.1) is 0 Å². The molecule has 10 aromatic carbocycles. The maximum Gasteiger partial charge on any atom is 0.340 e. The van der Waals surface area contributed by atoms with Crippen molar-refractivity contribution in [2.75, 3.05) is 0 Å². The Kier molecular flexibility index (Phi) is 22.4. The van der Waals surface area contributed by atoms with Crippen LogP contribution in [0.1, 0.15) is 65.2 Å². The lowest BCUT2D eigenvalue weighted by molar-refractivity contribution is -0.121. The van der Waals surface area contributed by atoms with Crippen LogP contribution in [0, 0.1) is 13.8 Å². The number of ether oxygens (including phenoxy) is 4. The van der Waals surface area contributed by atoms with E-state index in [-0.39, 0.29) is 60.3 Å². The van der Waals surface area contributed by atoms with Crippen LogP contribution in [0.4, 0.5) is 0 Å². The van der Waals surface area contributed by atoms with Crippen LogP contribution in [-0.4, -0.2) is 39.0 Å². The molecular formula is C72H66N4O11. The van der Waals surface area contributed by atoms with Crippen LogP contribution in [0.3, 0.4) is 0 Å². The van der Waals surface area contributed by atoms with E-state index in [1.54, 1.807) is 48.5 Å². The van der Waals surface area contributed by atoms with E-state index in [1.807, 2.05) is 195 Å². The number of phenols is 2. The predicted molar refractivity (Wildman–Crippen MR) is 335 cm³/mol. The summed E-state index contributed by atoms with van der Waals surface area (Å²) in [6.07, 6.45) is 0.161. The highest BCUT2D eigenvalue weighted by Gasteiger charge is 2.24. The lowest BCUT2D eigenvalue weighted by Crippen LogP contribution is -2.42. The summed E-state index contributed by atoms with van der Waals surface area (Å²) < 4.78 is 24.5. The van der Waals surface area contributed by atoms with Crippen LogP contribution in [-0.2, 0) is 48.9 Å². The molecule has 15 heteroatoms. The Morgan fingerprint density at radius 2 is 0.747 bits per heavy atom. The minimum absolute atomic E-state index is 0.0247. The Balaban J connectivity index is 0.000000195. The lowest BCUT2D eigenvalue weighted by atomic mass is 9.97. The molecule has 3 amide bonds. The topological polar surface area (TPSA) is 228 Å². The Hall–Kier alpha value is -11.2. The summed E-state index contributed by atoms with van der Waals surface area (Å²) >= 11 is 0. The van der Waals surface area contributed by atoms with Crippen molar-refractivity contribution in [3.63, 3.8) is 0 Å². The van der Waals surface area contributed by atoms with Crippen molar-refractivity contribution < 1.29 is 53.4 Å². The summed E-state index contributed by atoms with van der Waals surface area (Å²) in [5.74, 6) is 4.48. The molecule has 0 radical (unpaired) electrons. The van der Waals surface area contributed by atoms with Crippen molar-refractivity contribution in [3.8, 4) is 56.8 Å². The van der Waals surface area contributed by atoms with Gasteiger partial charge in [-0.05, 0) is 94.8 Å². The van der Waals surface area contributed by atoms with Crippen molar-refractivity contribution >= 4 is 23.7 Å². The number of hydrogen-bond acceptors (Lipinski definition) is 11. The molecule has 0 atom stereocenters. The Morgan fingerprint density at radius 1 is 0.391 bits per heavy atom. The zero-order chi connectivity index (χ0) is 61.3. The summed E-state index contributed by atoms with van der Waals surface area (Å²) in [6.45, 7) is 5.18. The number of carbonyl (C=O) groups excluding carboxylic acids is 3. The quantitative estimate of drug-likeness (QED) is 0.0215. The number of benzene rings is 10. The normalized spacial score (nSPS) is 10.4. The zero-order valence-electron chi connectivity index (χ0n) is 48.0. The van der Waals surface area contributed by atoms with Crippen molar-refractivity contribution in [2.45, 2.75) is 53.1 Å². The number of carbonyl (C=O) groups is 4. The van der Waals surface area contributed by atoms with Gasteiger partial charge < -0.3 is 34.3 Å². The number of hydrazine groups is 2. The number of amides is 3. The Bertz CT molecular complexity index is 3870. The maximum atomic E-state index is 13.8. The van der Waals surface area contributed by atoms with Gasteiger partial charge in [-0.1, -0.05) is 205 Å². The van der Waals surface area contributed by atoms with Gasteiger partial charge in [0.25, 0.3) is 5.91 Å². The standard InChI is InChI=1S/C36H32N2O5.C28H24O4.C8H10N2O2/c1-25-15-17-29(18-16-25)32-21-31(42-23-26-9-4-2-5-10-26)22-33(43-24-27-11-6-3-7-12-27)35(32)36(41)38-37-34(40)20-28-13-8-14-30(39)19-28;1-20-12-14-23(15-13-20)25-16-24(31-18-21-8-4-2-5-9-21)17-26(27(25)28(29)30)32-19-22-10-6-3-7-11-22;9-10-8(12)5-6-2-1-3-7(11)4-6/h2-19,21-22,39H,20,23-24H2,1H3,(H,37,40)(H,38,41);2-17H,18-19H2,1H3,(H,29,30);1-4,11H,5,9H2,(H,10,12). The number of aromatic hydroxyl groups is 2. The average Bonchev–Trinajstić information content (AvgIpc) is 1.62. The summed E-state index contributed by atoms with van der Waals surface area (Å²) in [7, 11) is 0. The molecule has 0 fully saturated rings. The van der Waals surface area contributed by atoms with Gasteiger partial charge in [0.1, 0.15) is 66.5 Å². The van der Waals surface area contributed by atoms with E-state index in [0.717, 1.165) is 50.1 Å². The second-order valence-corrected chi connectivity index (χ2v) is 20.1. The van der Waals surface area contributed by atoms with E-state index in [9.17, 15) is 29.4 Å². The van der Waals surface area contributed by atoms with Crippen LogP contribution in [0.5, 0.6) is 34.5 Å². The minimum atomic E-state index is -1.04. The fourth-order valence-electron chi connectivity index (χ4n) is 8.89. The smallest absolute Gasteiger partial charge is 0.340 e. The van der Waals surface area contributed by atoms with E-state index in [4.69, 9.17) is 29.9 Å². The van der Waals surface area contributed by atoms with E-state index >= 15 is 0 Å². The van der Waals surface area contributed by atoms with Crippen molar-refractivity contribution in [2.24, 2.45) is 5.84 Å². The van der Waals surface area contributed by atoms with Gasteiger partial charge in [-0.3, -0.25) is 30.7 Å². The third kappa shape index (κ3) is 19.2. The van der Waals surface area contributed by atoms with Crippen LogP contribution in [0.2, 0.25) is 0 Å². The first-order valence-electron chi connectivity index (χ1n) is 27.8. The highest BCUT2D eigenvalue weighted by atomic mass is 16.5. The maximum absolute atomic E-state index is 13.8. The van der Waals surface area contributed by atoms with Crippen LogP contribution in [0.15, 0.2) is 243 Å². The van der Waals surface area contributed by atoms with E-state index in [0.29, 0.717) is 47.2 Å². The number of hydrogen-bond donors (Lipinski definition) is 7. The predicted octanol–water partition coefficient (Wildman–Crippen LogP) is 13.0. The molecule has 0 saturated heterocycles. The molecule has 8 N–H and O–H groups in total. The molecule has 0 aromatic heterocycles. The highest BCUT2D eigenvalue weighted by Crippen LogP contribution is 2.38. The van der Waals surface area contributed by atoms with Gasteiger partial charge in [0, 0.05) is 23.3 Å². The Morgan fingerprint density at radius 3 is 1.13 bits per heavy atom. The van der Waals surface area contributed by atoms with Gasteiger partial charge in [0.15, 0.2) is 0 Å². The van der Waals surface area contributed by atoms with Crippen molar-refractivity contribution in [1.29, 1.82) is 0 Å². The largest absolute Gasteiger partial charge is 0.508 e. The van der Waals surface area contributed by atoms with Crippen molar-refractivity contribution in [3.05, 3.63) is 298 Å². The van der Waals surface area contributed by atoms with Crippen LogP contribution in [0.25, 0.3) is 22.3 Å². The van der Waals surface area contributed by atoms with Gasteiger partial charge in [0.05, 0.1) is 18.4 Å². The molecule has 10 rings (SSSR count). The summed E-state index contributed by atoms with van der Waals surface area (Å²) in [5.41, 5.74) is 17.6. The number of phenolic OH excluding ortho intramolecular Hbond substituents is 2. The first-order valence-corrected chi connectivity index (χ1v) is 27.8. The monoisotopic (exact) mass is 1160 g/mol. The third-order valence-electron chi connectivity index (χ3n) is 13.3. The molecule has 0 aliphatic rings. The number of aromatic carboxylic acids is 1. The summed E-state index contributed by atoms with van der Waals surface area (Å²) in [5, 5.41) is 28.8. The van der Waals surface area contributed by atoms with E-state index in [1.165, 1.54) is 18.2 Å². The molecule has 440 valence electrons. The van der Waals surface area contributed by atoms with E-state index in [2.05, 4.69) is 10.9 Å². The molecule has 87 heavy (non-hydrogen) atoms. The molecular weight excluding hydrogens is 1100 g/mol. The van der Waals surface area contributed by atoms with Gasteiger partial charge >= 0.3 is 5.97 Å². The average molecular weight is 1160 g/mol. The SMILES string of the molecule is Cc1ccc(-c2cc(OCc3ccccc3)cc(OCc3ccccc3)c2C(=O)NNC(=O)Cc2cccc(O)c2)cc1.Cc1ccc(-c2cc(OCc3ccccc3)cc(OCc3ccccc3)c2C(=O)O)cc1.NNC(=O)Cc1cccc(O)c1. The molecule has 0 saturated carbocycles. The number of carboxylic acid groups (broad SMARTS) is 1. The molecule has 15 nitrogen and oxygen atoms in total. The first kappa shape index (κ1) is 61.9. The molecule has 0 bridgehead atoms. The summed E-state index contributed by atoms with van der Waals surface area (Å²) in [6, 6.07) is 74.4. The van der Waals surface area contributed by atoms with Crippen molar-refractivity contribution in [1.82, 2.24) is 16.3 Å². The van der Waals surface area contributed by atoms with E-state index < -0.39 is 17.8 Å². The molecule has 10 aromatic rings. The number of aryl methyl sites for hydroxylation is 2. The minimum Gasteiger partial charge on any atom is -0.508 e. The second kappa shape index (κ2) is 31.5. The third-order valence-corrected chi connectivity index (χ3v) is 13.3. The van der Waals surface area contributed by atoms with Gasteiger partial charge in [-0.25, -0.2) is 10.6 Å². The van der Waals surface area contributed by atoms with Crippen LogP contribution >= 0.6 is 0 Å². The number of nitrogens with one attached hydrogen (secondary N) is 3. The lowest BCUT2D eigenvalue weighted by Gasteiger charge is -2.19. The number of nitrogens with two attached hydrogens (primary N) is 1. The molecule has 0 aliphatic heterocycles. The number of carboxylic acids is 1.